The summed E-state index contributed by atoms with van der Waals surface area (Å²) >= 11 is 0. The molecule has 0 radical (unpaired) electrons. The molecule has 0 saturated heterocycles. The first kappa shape index (κ1) is 16.6. The average molecular weight is 338 g/mol. The highest BCUT2D eigenvalue weighted by Gasteiger charge is 2.09. The molecule has 1 heterocycles. The van der Waals surface area contributed by atoms with E-state index in [0.717, 1.165) is 11.3 Å². The van der Waals surface area contributed by atoms with Gasteiger partial charge in [-0.1, -0.05) is 12.1 Å². The zero-order chi connectivity index (χ0) is 17.6. The van der Waals surface area contributed by atoms with E-state index in [1.165, 1.54) is 6.92 Å². The molecule has 0 unspecified atom stereocenters. The number of ether oxygens (including phenoxy) is 2. The molecule has 3 aromatic rings. The Hall–Kier alpha value is -3.28. The molecule has 6 nitrogen and oxygen atoms in total. The molecule has 1 aromatic heterocycles. The standard InChI is InChI=1S/C19H18N2O4/c1-13(22)20-17-5-3-4-6-18(17)24-11-15-12-25-19(21-15)14-7-9-16(23-2)10-8-14/h3-10,12H,11H2,1-2H3,(H,20,22). The molecule has 3 rings (SSSR count). The molecule has 0 atom stereocenters. The zero-order valence-corrected chi connectivity index (χ0v) is 14.0. The van der Waals surface area contributed by atoms with Crippen molar-refractivity contribution in [3.63, 3.8) is 0 Å². The first-order valence-corrected chi connectivity index (χ1v) is 7.74. The molecule has 0 spiro atoms. The van der Waals surface area contributed by atoms with Crippen LogP contribution < -0.4 is 14.8 Å². The van der Waals surface area contributed by atoms with Gasteiger partial charge in [0.1, 0.15) is 30.1 Å². The number of para-hydroxylation sites is 2. The van der Waals surface area contributed by atoms with Gasteiger partial charge >= 0.3 is 0 Å². The maximum atomic E-state index is 11.2. The molecule has 1 amide bonds. The predicted octanol–water partition coefficient (Wildman–Crippen LogP) is 3.89. The van der Waals surface area contributed by atoms with E-state index in [4.69, 9.17) is 13.9 Å². The van der Waals surface area contributed by atoms with Gasteiger partial charge in [-0.05, 0) is 36.4 Å². The number of amides is 1. The largest absolute Gasteiger partial charge is 0.497 e. The van der Waals surface area contributed by atoms with Crippen LogP contribution >= 0.6 is 0 Å². The minimum atomic E-state index is -0.153. The van der Waals surface area contributed by atoms with Crippen LogP contribution in [0.15, 0.2) is 59.2 Å². The van der Waals surface area contributed by atoms with Gasteiger partial charge in [0, 0.05) is 12.5 Å². The molecular formula is C19H18N2O4. The molecular weight excluding hydrogens is 320 g/mol. The first-order chi connectivity index (χ1) is 12.2. The minimum absolute atomic E-state index is 0.153. The molecule has 0 aliphatic rings. The lowest BCUT2D eigenvalue weighted by Crippen LogP contribution is -2.07. The summed E-state index contributed by atoms with van der Waals surface area (Å²) in [6.07, 6.45) is 1.56. The summed E-state index contributed by atoms with van der Waals surface area (Å²) < 4.78 is 16.4. The van der Waals surface area contributed by atoms with E-state index in [-0.39, 0.29) is 12.5 Å². The summed E-state index contributed by atoms with van der Waals surface area (Å²) in [7, 11) is 1.62. The van der Waals surface area contributed by atoms with E-state index in [1.807, 2.05) is 36.4 Å². The highest BCUT2D eigenvalue weighted by molar-refractivity contribution is 5.90. The van der Waals surface area contributed by atoms with Crippen molar-refractivity contribution in [1.82, 2.24) is 4.98 Å². The Morgan fingerprint density at radius 3 is 2.64 bits per heavy atom. The Morgan fingerprint density at radius 1 is 1.16 bits per heavy atom. The van der Waals surface area contributed by atoms with Gasteiger partial charge in [0.05, 0.1) is 12.8 Å². The maximum Gasteiger partial charge on any atom is 0.226 e. The predicted molar refractivity (Wildman–Crippen MR) is 93.6 cm³/mol. The molecule has 2 aromatic carbocycles. The van der Waals surface area contributed by atoms with E-state index in [1.54, 1.807) is 25.5 Å². The number of methoxy groups -OCH3 is 1. The van der Waals surface area contributed by atoms with Gasteiger partial charge in [-0.3, -0.25) is 4.79 Å². The van der Waals surface area contributed by atoms with Gasteiger partial charge < -0.3 is 19.2 Å². The number of carbonyl (C=O) groups excluding carboxylic acids is 1. The van der Waals surface area contributed by atoms with Crippen LogP contribution in [0.4, 0.5) is 5.69 Å². The number of anilines is 1. The number of carbonyl (C=O) groups is 1. The molecule has 0 aliphatic heterocycles. The van der Waals surface area contributed by atoms with E-state index in [9.17, 15) is 4.79 Å². The van der Waals surface area contributed by atoms with Crippen LogP contribution in [-0.4, -0.2) is 18.0 Å². The number of nitrogens with zero attached hydrogens (tertiary/aromatic N) is 1. The van der Waals surface area contributed by atoms with Crippen molar-refractivity contribution >= 4 is 11.6 Å². The van der Waals surface area contributed by atoms with Gasteiger partial charge in [-0.25, -0.2) is 4.98 Å². The van der Waals surface area contributed by atoms with Gasteiger partial charge in [-0.2, -0.15) is 0 Å². The molecule has 0 bridgehead atoms. The average Bonchev–Trinajstić information content (AvgIpc) is 3.09. The highest BCUT2D eigenvalue weighted by Crippen LogP contribution is 2.26. The Morgan fingerprint density at radius 2 is 1.92 bits per heavy atom. The third kappa shape index (κ3) is 4.17. The fourth-order valence-electron chi connectivity index (χ4n) is 2.28. The summed E-state index contributed by atoms with van der Waals surface area (Å²) in [5.74, 6) is 1.70. The summed E-state index contributed by atoms with van der Waals surface area (Å²) in [5, 5.41) is 2.73. The highest BCUT2D eigenvalue weighted by atomic mass is 16.5. The fourth-order valence-corrected chi connectivity index (χ4v) is 2.28. The van der Waals surface area contributed by atoms with Crippen LogP contribution in [0, 0.1) is 0 Å². The molecule has 128 valence electrons. The second-order valence-corrected chi connectivity index (χ2v) is 5.34. The molecule has 0 saturated carbocycles. The van der Waals surface area contributed by atoms with Crippen molar-refractivity contribution in [3.8, 4) is 23.0 Å². The SMILES string of the molecule is COc1ccc(-c2nc(COc3ccccc3NC(C)=O)co2)cc1. The number of benzene rings is 2. The van der Waals surface area contributed by atoms with Crippen molar-refractivity contribution in [2.24, 2.45) is 0 Å². The second-order valence-electron chi connectivity index (χ2n) is 5.34. The topological polar surface area (TPSA) is 73.6 Å². The third-order valence-corrected chi connectivity index (χ3v) is 3.46. The Labute approximate surface area is 145 Å². The molecule has 0 fully saturated rings. The monoisotopic (exact) mass is 338 g/mol. The van der Waals surface area contributed by atoms with Gasteiger partial charge in [0.25, 0.3) is 0 Å². The smallest absolute Gasteiger partial charge is 0.226 e. The molecule has 25 heavy (non-hydrogen) atoms. The van der Waals surface area contributed by atoms with Crippen LogP contribution in [0.5, 0.6) is 11.5 Å². The molecule has 0 aliphatic carbocycles. The fraction of sp³-hybridized carbons (Fsp3) is 0.158. The second kappa shape index (κ2) is 7.53. The Balaban J connectivity index is 1.69. The number of nitrogens with one attached hydrogen (secondary N) is 1. The summed E-state index contributed by atoms with van der Waals surface area (Å²) in [6, 6.07) is 14.7. The van der Waals surface area contributed by atoms with Crippen molar-refractivity contribution in [3.05, 3.63) is 60.5 Å². The van der Waals surface area contributed by atoms with Gasteiger partial charge in [0.2, 0.25) is 11.8 Å². The van der Waals surface area contributed by atoms with E-state index >= 15 is 0 Å². The Kier molecular flexibility index (Phi) is 4.99. The number of aromatic nitrogens is 1. The molecule has 6 heteroatoms. The van der Waals surface area contributed by atoms with E-state index < -0.39 is 0 Å². The summed E-state index contributed by atoms with van der Waals surface area (Å²) in [4.78, 5) is 15.7. The summed E-state index contributed by atoms with van der Waals surface area (Å²) in [6.45, 7) is 1.69. The van der Waals surface area contributed by atoms with Crippen molar-refractivity contribution in [1.29, 1.82) is 0 Å². The van der Waals surface area contributed by atoms with E-state index in [0.29, 0.717) is 23.0 Å². The van der Waals surface area contributed by atoms with Crippen LogP contribution in [-0.2, 0) is 11.4 Å². The maximum absolute atomic E-state index is 11.2. The van der Waals surface area contributed by atoms with Crippen molar-refractivity contribution < 1.29 is 18.7 Å². The lowest BCUT2D eigenvalue weighted by molar-refractivity contribution is -0.114. The number of hydrogen-bond donors (Lipinski definition) is 1. The molecule has 1 N–H and O–H groups in total. The van der Waals surface area contributed by atoms with Crippen molar-refractivity contribution in [2.75, 3.05) is 12.4 Å². The lowest BCUT2D eigenvalue weighted by Gasteiger charge is -2.10. The normalized spacial score (nSPS) is 10.3. The van der Waals surface area contributed by atoms with Crippen molar-refractivity contribution in [2.45, 2.75) is 13.5 Å². The van der Waals surface area contributed by atoms with Crippen LogP contribution in [0.2, 0.25) is 0 Å². The summed E-state index contributed by atoms with van der Waals surface area (Å²) in [5.41, 5.74) is 2.13. The first-order valence-electron chi connectivity index (χ1n) is 7.74. The zero-order valence-electron chi connectivity index (χ0n) is 14.0. The third-order valence-electron chi connectivity index (χ3n) is 3.46. The van der Waals surface area contributed by atoms with Crippen LogP contribution in [0.25, 0.3) is 11.5 Å². The van der Waals surface area contributed by atoms with Crippen LogP contribution in [0.1, 0.15) is 12.6 Å². The Bertz CT molecular complexity index is 856. The van der Waals surface area contributed by atoms with Crippen LogP contribution in [0.3, 0.4) is 0 Å². The number of oxazole rings is 1. The number of rotatable bonds is 6. The van der Waals surface area contributed by atoms with E-state index in [2.05, 4.69) is 10.3 Å². The van der Waals surface area contributed by atoms with Gasteiger partial charge in [-0.15, -0.1) is 0 Å². The minimum Gasteiger partial charge on any atom is -0.497 e. The van der Waals surface area contributed by atoms with Gasteiger partial charge in [0.15, 0.2) is 0 Å². The quantitative estimate of drug-likeness (QED) is 0.738. The number of hydrogen-bond acceptors (Lipinski definition) is 5. The lowest BCUT2D eigenvalue weighted by atomic mass is 10.2.